The van der Waals surface area contributed by atoms with Crippen molar-refractivity contribution >= 4 is 23.5 Å². The summed E-state index contributed by atoms with van der Waals surface area (Å²) in [6.07, 6.45) is 6.10. The van der Waals surface area contributed by atoms with E-state index in [0.29, 0.717) is 18.0 Å². The molecule has 1 aromatic carbocycles. The Hall–Kier alpha value is -1.83. The molecule has 3 aliphatic heterocycles. The number of fused-ring (bicyclic) bond motifs is 1. The van der Waals surface area contributed by atoms with Gasteiger partial charge in [-0.15, -0.1) is 10.2 Å². The lowest BCUT2D eigenvalue weighted by Crippen LogP contribution is -2.61. The molecule has 0 amide bonds. The summed E-state index contributed by atoms with van der Waals surface area (Å²) in [6, 6.07) is 10.4. The van der Waals surface area contributed by atoms with Crippen molar-refractivity contribution < 1.29 is 0 Å². The van der Waals surface area contributed by atoms with Crippen molar-refractivity contribution in [1.82, 2.24) is 25.0 Å². The molecule has 156 valence electrons. The quantitative estimate of drug-likeness (QED) is 0.798. The van der Waals surface area contributed by atoms with Crippen LogP contribution < -0.4 is 10.6 Å². The molecular formula is C21H30ClN7. The molecule has 5 rings (SSSR count). The van der Waals surface area contributed by atoms with Crippen LogP contribution in [0.2, 0.25) is 5.02 Å². The first-order valence-corrected chi connectivity index (χ1v) is 11.2. The predicted octanol–water partition coefficient (Wildman–Crippen LogP) is 2.40. The Kier molecular flexibility index (Phi) is 5.37. The van der Waals surface area contributed by atoms with Crippen LogP contribution >= 0.6 is 11.6 Å². The summed E-state index contributed by atoms with van der Waals surface area (Å²) in [5, 5.41) is 8.88. The zero-order valence-corrected chi connectivity index (χ0v) is 17.6. The molecule has 0 aliphatic carbocycles. The number of piperazine rings is 1. The number of hydrogen-bond donors (Lipinski definition) is 2. The van der Waals surface area contributed by atoms with Crippen LogP contribution in [0.15, 0.2) is 24.3 Å². The minimum absolute atomic E-state index is 0.391. The topological polar surface area (TPSA) is 77.3 Å². The maximum atomic E-state index is 6.10. The van der Waals surface area contributed by atoms with Crippen molar-refractivity contribution in [2.75, 3.05) is 43.4 Å². The van der Waals surface area contributed by atoms with E-state index in [4.69, 9.17) is 17.3 Å². The van der Waals surface area contributed by atoms with Gasteiger partial charge in [0.25, 0.3) is 0 Å². The van der Waals surface area contributed by atoms with E-state index < -0.39 is 0 Å². The minimum Gasteiger partial charge on any atom is -0.368 e. The van der Waals surface area contributed by atoms with Crippen LogP contribution in [0.1, 0.15) is 31.2 Å². The molecule has 3 fully saturated rings. The highest BCUT2D eigenvalue weighted by molar-refractivity contribution is 6.30. The van der Waals surface area contributed by atoms with Gasteiger partial charge in [0.1, 0.15) is 0 Å². The largest absolute Gasteiger partial charge is 0.368 e. The van der Waals surface area contributed by atoms with E-state index in [0.717, 1.165) is 49.4 Å². The molecule has 2 aromatic rings. The Labute approximate surface area is 177 Å². The Morgan fingerprint density at radius 1 is 1.00 bits per heavy atom. The number of benzene rings is 1. The van der Waals surface area contributed by atoms with Gasteiger partial charge in [0.2, 0.25) is 11.9 Å². The Morgan fingerprint density at radius 3 is 2.52 bits per heavy atom. The van der Waals surface area contributed by atoms with E-state index in [1.807, 2.05) is 12.1 Å². The lowest BCUT2D eigenvalue weighted by atomic mass is 9.94. The highest BCUT2D eigenvalue weighted by Gasteiger charge is 2.40. The lowest BCUT2D eigenvalue weighted by Gasteiger charge is -2.49. The van der Waals surface area contributed by atoms with Crippen molar-refractivity contribution in [2.24, 2.45) is 0 Å². The molecule has 0 saturated carbocycles. The van der Waals surface area contributed by atoms with Crippen molar-refractivity contribution in [2.45, 2.75) is 50.2 Å². The van der Waals surface area contributed by atoms with E-state index in [1.165, 1.54) is 38.0 Å². The van der Waals surface area contributed by atoms with Crippen LogP contribution in [-0.2, 0) is 6.42 Å². The fourth-order valence-electron chi connectivity index (χ4n) is 5.45. The molecule has 3 aliphatic rings. The summed E-state index contributed by atoms with van der Waals surface area (Å²) in [7, 11) is 0. The van der Waals surface area contributed by atoms with Crippen molar-refractivity contribution in [1.29, 1.82) is 0 Å². The van der Waals surface area contributed by atoms with Gasteiger partial charge in [-0.1, -0.05) is 23.7 Å². The zero-order valence-electron chi connectivity index (χ0n) is 16.8. The van der Waals surface area contributed by atoms with Gasteiger partial charge in [0.15, 0.2) is 0 Å². The van der Waals surface area contributed by atoms with Crippen LogP contribution in [0.4, 0.5) is 11.9 Å². The highest BCUT2D eigenvalue weighted by atomic mass is 35.5. The van der Waals surface area contributed by atoms with Crippen LogP contribution in [0.5, 0.6) is 0 Å². The number of aromatic amines is 1. The first-order valence-electron chi connectivity index (χ1n) is 10.8. The van der Waals surface area contributed by atoms with Gasteiger partial charge in [-0.05, 0) is 56.3 Å². The van der Waals surface area contributed by atoms with Crippen molar-refractivity contribution in [3.05, 3.63) is 34.9 Å². The molecule has 0 spiro atoms. The standard InChI is InChI=1S/C21H30ClN7/c22-16-5-3-15(4-6-16)12-19-13-28-9-1-2-18(28)14-29(19)17-7-10-27(11-8-17)21-24-20(23)25-26-21/h3-6,17-19H,1-2,7-14H2,(H3,23,24,25,26)/t18-,19?/m0/s1. The Morgan fingerprint density at radius 2 is 1.79 bits per heavy atom. The smallest absolute Gasteiger partial charge is 0.226 e. The number of H-pyrrole nitrogens is 1. The molecule has 0 bridgehead atoms. The summed E-state index contributed by atoms with van der Waals surface area (Å²) in [5.41, 5.74) is 7.09. The summed E-state index contributed by atoms with van der Waals surface area (Å²) in [6.45, 7) is 5.65. The monoisotopic (exact) mass is 415 g/mol. The molecule has 3 N–H and O–H groups in total. The number of nitrogens with two attached hydrogens (primary N) is 1. The predicted molar refractivity (Wildman–Crippen MR) is 116 cm³/mol. The summed E-state index contributed by atoms with van der Waals surface area (Å²) in [5.74, 6) is 1.20. The molecule has 1 aromatic heterocycles. The van der Waals surface area contributed by atoms with Gasteiger partial charge in [-0.2, -0.15) is 0 Å². The molecule has 7 nitrogen and oxygen atoms in total. The fourth-order valence-corrected chi connectivity index (χ4v) is 5.58. The van der Waals surface area contributed by atoms with E-state index in [9.17, 15) is 0 Å². The third-order valence-corrected chi connectivity index (χ3v) is 7.20. The normalized spacial score (nSPS) is 26.7. The second kappa shape index (κ2) is 8.13. The zero-order chi connectivity index (χ0) is 19.8. The summed E-state index contributed by atoms with van der Waals surface area (Å²) >= 11 is 6.10. The number of halogens is 1. The van der Waals surface area contributed by atoms with E-state index in [2.05, 4.69) is 42.0 Å². The van der Waals surface area contributed by atoms with E-state index >= 15 is 0 Å². The maximum Gasteiger partial charge on any atom is 0.226 e. The van der Waals surface area contributed by atoms with E-state index in [1.54, 1.807) is 0 Å². The van der Waals surface area contributed by atoms with Gasteiger partial charge in [0, 0.05) is 49.3 Å². The number of nitrogens with one attached hydrogen (secondary N) is 1. The Bertz CT molecular complexity index is 815. The van der Waals surface area contributed by atoms with Crippen molar-refractivity contribution in [3.63, 3.8) is 0 Å². The summed E-state index contributed by atoms with van der Waals surface area (Å²) < 4.78 is 0. The maximum absolute atomic E-state index is 6.10. The molecule has 4 heterocycles. The minimum atomic E-state index is 0.391. The second-order valence-electron chi connectivity index (χ2n) is 8.72. The average molecular weight is 416 g/mol. The third-order valence-electron chi connectivity index (χ3n) is 6.94. The molecular weight excluding hydrogens is 386 g/mol. The SMILES string of the molecule is Nc1nnc(N2CCC(N3C[C@@H]4CCCN4CC3Cc3ccc(Cl)cc3)CC2)[nH]1. The molecule has 1 unspecified atom stereocenters. The van der Waals surface area contributed by atoms with Crippen LogP contribution in [0.25, 0.3) is 0 Å². The first kappa shape index (κ1) is 19.2. The fraction of sp³-hybridized carbons (Fsp3) is 0.619. The molecule has 3 saturated heterocycles. The van der Waals surface area contributed by atoms with Gasteiger partial charge < -0.3 is 10.6 Å². The second-order valence-corrected chi connectivity index (χ2v) is 9.16. The van der Waals surface area contributed by atoms with Crippen LogP contribution in [0, 0.1) is 0 Å². The molecule has 2 atom stereocenters. The molecule has 0 radical (unpaired) electrons. The number of nitrogens with zero attached hydrogens (tertiary/aromatic N) is 5. The highest BCUT2D eigenvalue weighted by Crippen LogP contribution is 2.31. The number of hydrogen-bond acceptors (Lipinski definition) is 6. The van der Waals surface area contributed by atoms with Gasteiger partial charge in [0.05, 0.1) is 0 Å². The van der Waals surface area contributed by atoms with Gasteiger partial charge in [-0.3, -0.25) is 14.8 Å². The molecule has 8 heteroatoms. The summed E-state index contributed by atoms with van der Waals surface area (Å²) in [4.78, 5) is 10.9. The van der Waals surface area contributed by atoms with Gasteiger partial charge >= 0.3 is 0 Å². The third kappa shape index (κ3) is 4.09. The van der Waals surface area contributed by atoms with Crippen LogP contribution in [0.3, 0.4) is 0 Å². The van der Waals surface area contributed by atoms with Crippen molar-refractivity contribution in [3.8, 4) is 0 Å². The number of piperidine rings is 1. The Balaban J connectivity index is 1.28. The van der Waals surface area contributed by atoms with Crippen LogP contribution in [-0.4, -0.2) is 75.8 Å². The molecule has 29 heavy (non-hydrogen) atoms. The number of rotatable bonds is 4. The number of anilines is 2. The van der Waals surface area contributed by atoms with Gasteiger partial charge in [-0.25, -0.2) is 0 Å². The number of aromatic nitrogens is 3. The average Bonchev–Trinajstić information content (AvgIpc) is 3.38. The van der Waals surface area contributed by atoms with E-state index in [-0.39, 0.29) is 0 Å². The number of nitrogen functional groups attached to an aromatic ring is 1. The first-order chi connectivity index (χ1) is 14.2. The lowest BCUT2D eigenvalue weighted by molar-refractivity contribution is 0.0126.